The molecule has 130 valence electrons. The van der Waals surface area contributed by atoms with Gasteiger partial charge in [0.2, 0.25) is 0 Å². The monoisotopic (exact) mass is 338 g/mol. The van der Waals surface area contributed by atoms with E-state index in [2.05, 4.69) is 5.32 Å². The molecule has 3 rings (SSSR count). The standard InChI is InChI=1S/C20H22N2O3/c1-14-8-9-17(12-15(14)2)21-20(23)22(13-18-6-4-10-24-18)16(3)19-7-5-11-25-19/h4-12,16H,13H2,1-3H3,(H,21,23)/t16-/m1/s1. The molecule has 0 saturated heterocycles. The molecule has 2 aromatic heterocycles. The number of rotatable bonds is 5. The fourth-order valence-electron chi connectivity index (χ4n) is 2.65. The predicted octanol–water partition coefficient (Wildman–Crippen LogP) is 5.28. The van der Waals surface area contributed by atoms with Gasteiger partial charge in [0, 0.05) is 5.69 Å². The number of hydrogen-bond donors (Lipinski definition) is 1. The van der Waals surface area contributed by atoms with Gasteiger partial charge in [0.25, 0.3) is 0 Å². The number of aryl methyl sites for hydroxylation is 2. The lowest BCUT2D eigenvalue weighted by Gasteiger charge is -2.27. The van der Waals surface area contributed by atoms with Crippen LogP contribution in [0, 0.1) is 13.8 Å². The molecule has 0 spiro atoms. The maximum Gasteiger partial charge on any atom is 0.322 e. The Bertz CT molecular complexity index is 823. The average molecular weight is 338 g/mol. The Morgan fingerprint density at radius 1 is 1.08 bits per heavy atom. The van der Waals surface area contributed by atoms with Crippen molar-refractivity contribution < 1.29 is 13.6 Å². The van der Waals surface area contributed by atoms with E-state index in [4.69, 9.17) is 8.83 Å². The summed E-state index contributed by atoms with van der Waals surface area (Å²) >= 11 is 0. The van der Waals surface area contributed by atoms with Crippen LogP contribution < -0.4 is 5.32 Å². The number of urea groups is 1. The smallest absolute Gasteiger partial charge is 0.322 e. The molecule has 25 heavy (non-hydrogen) atoms. The summed E-state index contributed by atoms with van der Waals surface area (Å²) in [5.74, 6) is 1.44. The van der Waals surface area contributed by atoms with Gasteiger partial charge >= 0.3 is 6.03 Å². The van der Waals surface area contributed by atoms with Crippen LogP contribution in [-0.4, -0.2) is 10.9 Å². The highest BCUT2D eigenvalue weighted by Crippen LogP contribution is 2.24. The molecule has 0 aliphatic heterocycles. The maximum absolute atomic E-state index is 12.9. The Morgan fingerprint density at radius 3 is 2.48 bits per heavy atom. The Balaban J connectivity index is 1.82. The van der Waals surface area contributed by atoms with Gasteiger partial charge < -0.3 is 19.1 Å². The van der Waals surface area contributed by atoms with Crippen LogP contribution in [0.2, 0.25) is 0 Å². The molecule has 0 aliphatic rings. The summed E-state index contributed by atoms with van der Waals surface area (Å²) in [6.45, 7) is 6.35. The van der Waals surface area contributed by atoms with E-state index in [0.29, 0.717) is 12.3 Å². The van der Waals surface area contributed by atoms with Crippen molar-refractivity contribution in [1.29, 1.82) is 0 Å². The minimum Gasteiger partial charge on any atom is -0.467 e. The Morgan fingerprint density at radius 2 is 1.84 bits per heavy atom. The van der Waals surface area contributed by atoms with Gasteiger partial charge in [0.1, 0.15) is 11.5 Å². The molecule has 1 N–H and O–H groups in total. The van der Waals surface area contributed by atoms with Crippen LogP contribution >= 0.6 is 0 Å². The Kier molecular flexibility index (Phi) is 4.93. The quantitative estimate of drug-likeness (QED) is 0.688. The minimum absolute atomic E-state index is 0.205. The lowest BCUT2D eigenvalue weighted by atomic mass is 10.1. The van der Waals surface area contributed by atoms with Gasteiger partial charge in [-0.05, 0) is 68.3 Å². The zero-order valence-corrected chi connectivity index (χ0v) is 14.7. The first-order valence-electron chi connectivity index (χ1n) is 8.25. The molecule has 2 heterocycles. The molecule has 1 atom stereocenters. The summed E-state index contributed by atoms with van der Waals surface area (Å²) in [6.07, 6.45) is 3.21. The first-order valence-corrected chi connectivity index (χ1v) is 8.25. The van der Waals surface area contributed by atoms with Gasteiger partial charge in [-0.15, -0.1) is 0 Å². The molecular formula is C20H22N2O3. The summed E-state index contributed by atoms with van der Waals surface area (Å²) in [4.78, 5) is 14.6. The normalized spacial score (nSPS) is 12.0. The SMILES string of the molecule is Cc1ccc(NC(=O)N(Cc2ccco2)[C@H](C)c2ccco2)cc1C. The Labute approximate surface area is 147 Å². The number of hydrogen-bond acceptors (Lipinski definition) is 3. The van der Waals surface area contributed by atoms with Crippen molar-refractivity contribution in [2.24, 2.45) is 0 Å². The molecule has 0 unspecified atom stereocenters. The number of anilines is 1. The number of amides is 2. The van der Waals surface area contributed by atoms with E-state index in [1.165, 1.54) is 5.56 Å². The van der Waals surface area contributed by atoms with E-state index in [9.17, 15) is 4.79 Å². The van der Waals surface area contributed by atoms with Gasteiger partial charge in [-0.3, -0.25) is 0 Å². The number of nitrogens with one attached hydrogen (secondary N) is 1. The second kappa shape index (κ2) is 7.30. The lowest BCUT2D eigenvalue weighted by Crippen LogP contribution is -2.36. The fraction of sp³-hybridized carbons (Fsp3) is 0.250. The van der Waals surface area contributed by atoms with Crippen molar-refractivity contribution in [3.63, 3.8) is 0 Å². The van der Waals surface area contributed by atoms with Crippen LogP contribution in [0.15, 0.2) is 63.8 Å². The highest BCUT2D eigenvalue weighted by atomic mass is 16.3. The molecule has 2 amide bonds. The molecule has 5 heteroatoms. The molecule has 0 bridgehead atoms. The van der Waals surface area contributed by atoms with Crippen molar-refractivity contribution in [2.75, 3.05) is 5.32 Å². The van der Waals surface area contributed by atoms with Gasteiger partial charge in [-0.2, -0.15) is 0 Å². The zero-order chi connectivity index (χ0) is 17.8. The summed E-state index contributed by atoms with van der Waals surface area (Å²) in [6, 6.07) is 12.8. The number of furan rings is 2. The molecule has 3 aromatic rings. The van der Waals surface area contributed by atoms with E-state index in [-0.39, 0.29) is 12.1 Å². The van der Waals surface area contributed by atoms with Crippen molar-refractivity contribution in [3.05, 3.63) is 77.6 Å². The van der Waals surface area contributed by atoms with Gasteiger partial charge in [-0.1, -0.05) is 6.07 Å². The zero-order valence-electron chi connectivity index (χ0n) is 14.7. The highest BCUT2D eigenvalue weighted by molar-refractivity contribution is 5.89. The summed E-state index contributed by atoms with van der Waals surface area (Å²) in [5.41, 5.74) is 3.09. The van der Waals surface area contributed by atoms with Crippen molar-refractivity contribution in [2.45, 2.75) is 33.4 Å². The van der Waals surface area contributed by atoms with E-state index in [1.54, 1.807) is 17.4 Å². The third kappa shape index (κ3) is 3.94. The van der Waals surface area contributed by atoms with Crippen molar-refractivity contribution in [3.8, 4) is 0 Å². The van der Waals surface area contributed by atoms with E-state index < -0.39 is 0 Å². The van der Waals surface area contributed by atoms with Crippen LogP contribution in [0.25, 0.3) is 0 Å². The third-order valence-corrected chi connectivity index (χ3v) is 4.35. The second-order valence-corrected chi connectivity index (χ2v) is 6.13. The van der Waals surface area contributed by atoms with Gasteiger partial charge in [-0.25, -0.2) is 4.79 Å². The predicted molar refractivity (Wildman–Crippen MR) is 96.3 cm³/mol. The van der Waals surface area contributed by atoms with Crippen LogP contribution in [-0.2, 0) is 6.54 Å². The third-order valence-electron chi connectivity index (χ3n) is 4.35. The van der Waals surface area contributed by atoms with Gasteiger partial charge in [0.05, 0.1) is 25.1 Å². The van der Waals surface area contributed by atoms with Crippen LogP contribution in [0.5, 0.6) is 0 Å². The van der Waals surface area contributed by atoms with E-state index >= 15 is 0 Å². The highest BCUT2D eigenvalue weighted by Gasteiger charge is 2.24. The maximum atomic E-state index is 12.9. The molecular weight excluding hydrogens is 316 g/mol. The summed E-state index contributed by atoms with van der Waals surface area (Å²) in [7, 11) is 0. The first kappa shape index (κ1) is 16.9. The van der Waals surface area contributed by atoms with Crippen LogP contribution in [0.4, 0.5) is 10.5 Å². The molecule has 0 saturated carbocycles. The number of benzene rings is 1. The lowest BCUT2D eigenvalue weighted by molar-refractivity contribution is 0.173. The number of nitrogens with zero attached hydrogens (tertiary/aromatic N) is 1. The topological polar surface area (TPSA) is 58.6 Å². The molecule has 0 fully saturated rings. The summed E-state index contributed by atoms with van der Waals surface area (Å²) in [5, 5.41) is 2.97. The van der Waals surface area contributed by atoms with E-state index in [1.807, 2.05) is 63.2 Å². The first-order chi connectivity index (χ1) is 12.0. The largest absolute Gasteiger partial charge is 0.467 e. The van der Waals surface area contributed by atoms with Crippen molar-refractivity contribution in [1.82, 2.24) is 4.90 Å². The average Bonchev–Trinajstić information content (AvgIpc) is 3.28. The Hall–Kier alpha value is -2.95. The minimum atomic E-state index is -0.230. The molecule has 0 aliphatic carbocycles. The van der Waals surface area contributed by atoms with Crippen LogP contribution in [0.1, 0.15) is 35.6 Å². The molecule has 0 radical (unpaired) electrons. The fourth-order valence-corrected chi connectivity index (χ4v) is 2.65. The molecule has 1 aromatic carbocycles. The van der Waals surface area contributed by atoms with E-state index in [0.717, 1.165) is 17.0 Å². The molecule has 5 nitrogen and oxygen atoms in total. The number of carbonyl (C=O) groups is 1. The number of carbonyl (C=O) groups excluding carboxylic acids is 1. The van der Waals surface area contributed by atoms with Crippen LogP contribution in [0.3, 0.4) is 0 Å². The summed E-state index contributed by atoms with van der Waals surface area (Å²) < 4.78 is 10.9. The van der Waals surface area contributed by atoms with Crippen molar-refractivity contribution >= 4 is 11.7 Å². The second-order valence-electron chi connectivity index (χ2n) is 6.13. The van der Waals surface area contributed by atoms with Gasteiger partial charge in [0.15, 0.2) is 0 Å².